The van der Waals surface area contributed by atoms with Gasteiger partial charge in [-0.25, -0.2) is 4.39 Å². The molecule has 1 nitrogen and oxygen atoms in total. The van der Waals surface area contributed by atoms with E-state index in [1.807, 2.05) is 18.2 Å². The fourth-order valence-electron chi connectivity index (χ4n) is 1.33. The number of benzene rings is 2. The molecule has 0 amide bonds. The second kappa shape index (κ2) is 5.47. The number of hydrogen-bond donors (Lipinski definition) is 0. The fraction of sp³-hybridized carbons (Fsp3) is 0. The Labute approximate surface area is 111 Å². The Morgan fingerprint density at radius 2 is 1.88 bits per heavy atom. The monoisotopic (exact) mass is 310 g/mol. The molecular weight excluding hydrogens is 303 g/mol. The van der Waals surface area contributed by atoms with Crippen molar-refractivity contribution in [1.29, 1.82) is 0 Å². The van der Waals surface area contributed by atoms with Crippen LogP contribution in [0.2, 0.25) is 0 Å². The molecule has 0 atom stereocenters. The number of hydrogen-bond acceptors (Lipinski definition) is 2. The molecule has 0 fully saturated rings. The van der Waals surface area contributed by atoms with Gasteiger partial charge in [0.1, 0.15) is 5.82 Å². The quantitative estimate of drug-likeness (QED) is 0.773. The molecule has 2 aromatic rings. The Balaban J connectivity index is 2.24. The molecule has 17 heavy (non-hydrogen) atoms. The highest BCUT2D eigenvalue weighted by Gasteiger charge is 2.03. The highest BCUT2D eigenvalue weighted by Crippen LogP contribution is 2.30. The third kappa shape index (κ3) is 3.17. The molecule has 4 heteroatoms. The van der Waals surface area contributed by atoms with Crippen LogP contribution in [0.4, 0.5) is 4.39 Å². The third-order valence-corrected chi connectivity index (χ3v) is 3.80. The molecule has 0 saturated carbocycles. The lowest BCUT2D eigenvalue weighted by atomic mass is 10.2. The van der Waals surface area contributed by atoms with Gasteiger partial charge >= 0.3 is 0 Å². The van der Waals surface area contributed by atoms with Crippen LogP contribution in [-0.4, -0.2) is 6.29 Å². The molecule has 0 spiro atoms. The van der Waals surface area contributed by atoms with Crippen molar-refractivity contribution in [3.63, 3.8) is 0 Å². The summed E-state index contributed by atoms with van der Waals surface area (Å²) >= 11 is 4.77. The second-order valence-corrected chi connectivity index (χ2v) is 5.36. The highest BCUT2D eigenvalue weighted by atomic mass is 79.9. The lowest BCUT2D eigenvalue weighted by molar-refractivity contribution is 0.112. The normalized spacial score (nSPS) is 10.2. The largest absolute Gasteiger partial charge is 0.298 e. The Hall–Kier alpha value is -1.13. The van der Waals surface area contributed by atoms with E-state index in [9.17, 15) is 9.18 Å². The van der Waals surface area contributed by atoms with E-state index in [4.69, 9.17) is 0 Å². The average Bonchev–Trinajstić information content (AvgIpc) is 2.29. The van der Waals surface area contributed by atoms with E-state index in [0.29, 0.717) is 5.56 Å². The Bertz CT molecular complexity index is 557. The Morgan fingerprint density at radius 1 is 1.12 bits per heavy atom. The lowest BCUT2D eigenvalue weighted by Gasteiger charge is -2.03. The van der Waals surface area contributed by atoms with Gasteiger partial charge in [-0.15, -0.1) is 0 Å². The van der Waals surface area contributed by atoms with Crippen molar-refractivity contribution in [3.8, 4) is 0 Å². The van der Waals surface area contributed by atoms with E-state index in [2.05, 4.69) is 15.9 Å². The Morgan fingerprint density at radius 3 is 2.53 bits per heavy atom. The predicted octanol–water partition coefficient (Wildman–Crippen LogP) is 4.55. The zero-order chi connectivity index (χ0) is 12.3. The SMILES string of the molecule is O=Cc1ccc(Sc2cccc(F)c2)cc1Br. The second-order valence-electron chi connectivity index (χ2n) is 3.36. The fourth-order valence-corrected chi connectivity index (χ4v) is 2.86. The number of halogens is 2. The summed E-state index contributed by atoms with van der Waals surface area (Å²) in [5.41, 5.74) is 0.605. The maximum atomic E-state index is 13.0. The van der Waals surface area contributed by atoms with Crippen molar-refractivity contribution in [2.45, 2.75) is 9.79 Å². The van der Waals surface area contributed by atoms with Crippen molar-refractivity contribution in [3.05, 3.63) is 58.3 Å². The van der Waals surface area contributed by atoms with E-state index in [-0.39, 0.29) is 5.82 Å². The first kappa shape index (κ1) is 12.3. The van der Waals surface area contributed by atoms with Crippen LogP contribution in [0.1, 0.15) is 10.4 Å². The molecule has 0 bridgehead atoms. The molecular formula is C13H8BrFOS. The first-order valence-corrected chi connectivity index (χ1v) is 6.48. The average molecular weight is 311 g/mol. The zero-order valence-corrected chi connectivity index (χ0v) is 11.1. The van der Waals surface area contributed by atoms with Crippen LogP contribution < -0.4 is 0 Å². The van der Waals surface area contributed by atoms with Crippen LogP contribution in [0.15, 0.2) is 56.7 Å². The van der Waals surface area contributed by atoms with Crippen LogP contribution in [0, 0.1) is 5.82 Å². The lowest BCUT2D eigenvalue weighted by Crippen LogP contribution is -1.83. The molecule has 0 radical (unpaired) electrons. The summed E-state index contributed by atoms with van der Waals surface area (Å²) in [7, 11) is 0. The van der Waals surface area contributed by atoms with Gasteiger partial charge in [0.15, 0.2) is 6.29 Å². The van der Waals surface area contributed by atoms with Crippen LogP contribution in [-0.2, 0) is 0 Å². The topological polar surface area (TPSA) is 17.1 Å². The van der Waals surface area contributed by atoms with Crippen LogP contribution in [0.25, 0.3) is 0 Å². The maximum Gasteiger partial charge on any atom is 0.151 e. The number of aldehydes is 1. The van der Waals surface area contributed by atoms with Crippen molar-refractivity contribution in [1.82, 2.24) is 0 Å². The van der Waals surface area contributed by atoms with Crippen molar-refractivity contribution in [2.75, 3.05) is 0 Å². The first-order chi connectivity index (χ1) is 8.19. The van der Waals surface area contributed by atoms with Gasteiger partial charge in [0.05, 0.1) is 0 Å². The van der Waals surface area contributed by atoms with E-state index in [1.54, 1.807) is 12.1 Å². The third-order valence-electron chi connectivity index (χ3n) is 2.13. The van der Waals surface area contributed by atoms with Crippen LogP contribution in [0.5, 0.6) is 0 Å². The summed E-state index contributed by atoms with van der Waals surface area (Å²) in [6.45, 7) is 0. The number of rotatable bonds is 3. The van der Waals surface area contributed by atoms with Gasteiger partial charge in [0.25, 0.3) is 0 Å². The summed E-state index contributed by atoms with van der Waals surface area (Å²) in [5, 5.41) is 0. The first-order valence-electron chi connectivity index (χ1n) is 4.87. The maximum absolute atomic E-state index is 13.0. The minimum absolute atomic E-state index is 0.251. The van der Waals surface area contributed by atoms with Gasteiger partial charge in [-0.3, -0.25) is 4.79 Å². The molecule has 2 aromatic carbocycles. The van der Waals surface area contributed by atoms with Gasteiger partial charge in [0.2, 0.25) is 0 Å². The molecule has 0 heterocycles. The van der Waals surface area contributed by atoms with Gasteiger partial charge in [-0.05, 0) is 36.4 Å². The number of carbonyl (C=O) groups is 1. The van der Waals surface area contributed by atoms with Crippen LogP contribution in [0.3, 0.4) is 0 Å². The zero-order valence-electron chi connectivity index (χ0n) is 8.69. The van der Waals surface area contributed by atoms with E-state index in [1.165, 1.54) is 23.9 Å². The standard InChI is InChI=1S/C13H8BrFOS/c14-13-7-12(5-4-9(13)8-16)17-11-3-1-2-10(15)6-11/h1-8H. The van der Waals surface area contributed by atoms with Gasteiger partial charge in [-0.1, -0.05) is 33.8 Å². The van der Waals surface area contributed by atoms with Gasteiger partial charge in [0, 0.05) is 19.8 Å². The van der Waals surface area contributed by atoms with Crippen LogP contribution >= 0.6 is 27.7 Å². The molecule has 2 rings (SSSR count). The molecule has 86 valence electrons. The minimum Gasteiger partial charge on any atom is -0.298 e. The molecule has 0 N–H and O–H groups in total. The van der Waals surface area contributed by atoms with E-state index in [0.717, 1.165) is 20.5 Å². The van der Waals surface area contributed by atoms with Crippen molar-refractivity contribution >= 4 is 34.0 Å². The summed E-state index contributed by atoms with van der Waals surface area (Å²) in [5.74, 6) is -0.251. The summed E-state index contributed by atoms with van der Waals surface area (Å²) in [6, 6.07) is 11.8. The summed E-state index contributed by atoms with van der Waals surface area (Å²) < 4.78 is 13.7. The van der Waals surface area contributed by atoms with Crippen molar-refractivity contribution in [2.24, 2.45) is 0 Å². The van der Waals surface area contributed by atoms with Gasteiger partial charge in [-0.2, -0.15) is 0 Å². The molecule has 0 aliphatic carbocycles. The van der Waals surface area contributed by atoms with E-state index >= 15 is 0 Å². The summed E-state index contributed by atoms with van der Waals surface area (Å²) in [4.78, 5) is 12.4. The molecule has 0 saturated heterocycles. The molecule has 0 unspecified atom stereocenters. The molecule has 0 aliphatic heterocycles. The van der Waals surface area contributed by atoms with E-state index < -0.39 is 0 Å². The molecule has 0 aliphatic rings. The predicted molar refractivity (Wildman–Crippen MR) is 70.1 cm³/mol. The van der Waals surface area contributed by atoms with Crippen molar-refractivity contribution < 1.29 is 9.18 Å². The van der Waals surface area contributed by atoms with Gasteiger partial charge < -0.3 is 0 Å². The molecule has 0 aromatic heterocycles. The summed E-state index contributed by atoms with van der Waals surface area (Å²) in [6.07, 6.45) is 0.792. The Kier molecular flexibility index (Phi) is 3.97. The smallest absolute Gasteiger partial charge is 0.151 e. The number of carbonyl (C=O) groups excluding carboxylic acids is 1. The minimum atomic E-state index is -0.251. The highest BCUT2D eigenvalue weighted by molar-refractivity contribution is 9.10.